The molecule has 0 aromatic rings. The van der Waals surface area contributed by atoms with E-state index >= 15 is 0 Å². The Morgan fingerprint density at radius 2 is 1.33 bits per heavy atom. The van der Waals surface area contributed by atoms with E-state index in [9.17, 15) is 21.9 Å². The molecule has 0 saturated heterocycles. The number of rotatable bonds is 18. The fourth-order valence-electron chi connectivity index (χ4n) is 3.02. The molecule has 9 heteroatoms. The summed E-state index contributed by atoms with van der Waals surface area (Å²) in [6.07, 6.45) is 8.96. The third-order valence-electron chi connectivity index (χ3n) is 4.74. The summed E-state index contributed by atoms with van der Waals surface area (Å²) < 4.78 is 55.8. The highest BCUT2D eigenvalue weighted by atomic mass is 32.2. The van der Waals surface area contributed by atoms with Crippen LogP contribution in [0.3, 0.4) is 0 Å². The van der Waals surface area contributed by atoms with Gasteiger partial charge in [0, 0.05) is 0 Å². The number of unbranched alkanes of at least 4 members (excludes halogenated alkanes) is 7. The molecule has 0 rings (SSSR count). The summed E-state index contributed by atoms with van der Waals surface area (Å²) in [4.78, 5) is 0. The largest absolute Gasteiger partial charge is 0.393 e. The zero-order valence-corrected chi connectivity index (χ0v) is 18.7. The summed E-state index contributed by atoms with van der Waals surface area (Å²) >= 11 is 0. The van der Waals surface area contributed by atoms with Gasteiger partial charge in [-0.2, -0.15) is 16.8 Å². The van der Waals surface area contributed by atoms with Crippen LogP contribution in [0.5, 0.6) is 0 Å². The molecule has 0 radical (unpaired) electrons. The molecule has 0 amide bonds. The molecular weight excluding hydrogens is 392 g/mol. The van der Waals surface area contributed by atoms with Crippen LogP contribution in [-0.4, -0.2) is 53.3 Å². The zero-order chi connectivity index (χ0) is 20.8. The van der Waals surface area contributed by atoms with Crippen LogP contribution in [0, 0.1) is 0 Å². The van der Waals surface area contributed by atoms with Crippen LogP contribution in [0.2, 0.25) is 0 Å². The minimum Gasteiger partial charge on any atom is -0.393 e. The van der Waals surface area contributed by atoms with Crippen molar-refractivity contribution in [1.82, 2.24) is 0 Å². The number of aliphatic hydroxyl groups is 1. The molecule has 164 valence electrons. The maximum absolute atomic E-state index is 12.1. The number of hydrogen-bond donors (Lipinski definition) is 1. The molecular formula is C18H38O7S2. The van der Waals surface area contributed by atoms with Crippen LogP contribution in [-0.2, 0) is 28.6 Å². The molecule has 0 fully saturated rings. The second kappa shape index (κ2) is 14.7. The van der Waals surface area contributed by atoms with Crippen molar-refractivity contribution in [2.45, 2.75) is 95.3 Å². The van der Waals surface area contributed by atoms with Crippen LogP contribution >= 0.6 is 0 Å². The summed E-state index contributed by atoms with van der Waals surface area (Å²) in [5.74, 6) is -0.194. The second-order valence-corrected chi connectivity index (χ2v) is 10.8. The lowest BCUT2D eigenvalue weighted by Crippen LogP contribution is -2.28. The minimum absolute atomic E-state index is 0.0553. The highest BCUT2D eigenvalue weighted by Crippen LogP contribution is 2.21. The van der Waals surface area contributed by atoms with Crippen molar-refractivity contribution in [2.24, 2.45) is 0 Å². The van der Waals surface area contributed by atoms with Gasteiger partial charge in [-0.25, -0.2) is 0 Å². The summed E-state index contributed by atoms with van der Waals surface area (Å²) in [5, 5.41) is 9.35. The Morgan fingerprint density at radius 3 is 1.85 bits per heavy atom. The van der Waals surface area contributed by atoms with E-state index in [0.29, 0.717) is 6.42 Å². The van der Waals surface area contributed by atoms with Gasteiger partial charge in [0.05, 0.1) is 31.3 Å². The van der Waals surface area contributed by atoms with E-state index in [1.807, 2.05) is 0 Å². The predicted molar refractivity (Wildman–Crippen MR) is 108 cm³/mol. The van der Waals surface area contributed by atoms with Crippen molar-refractivity contribution in [1.29, 1.82) is 0 Å². The van der Waals surface area contributed by atoms with Crippen molar-refractivity contribution >= 4 is 20.2 Å². The van der Waals surface area contributed by atoms with Crippen molar-refractivity contribution in [2.75, 3.05) is 20.0 Å². The average molecular weight is 431 g/mol. The van der Waals surface area contributed by atoms with E-state index < -0.39 is 31.6 Å². The minimum atomic E-state index is -3.72. The molecule has 0 spiro atoms. The SMILES string of the molecule is CCCCCCCCCCC(CC(O)CCCS(=O)(=O)OC)S(=O)(=O)OC. The molecule has 0 bridgehead atoms. The highest BCUT2D eigenvalue weighted by Gasteiger charge is 2.27. The van der Waals surface area contributed by atoms with Gasteiger partial charge in [0.1, 0.15) is 0 Å². The lowest BCUT2D eigenvalue weighted by atomic mass is 10.0. The lowest BCUT2D eigenvalue weighted by Gasteiger charge is -2.19. The summed E-state index contributed by atoms with van der Waals surface area (Å²) in [7, 11) is -5.05. The van der Waals surface area contributed by atoms with Gasteiger partial charge in [0.25, 0.3) is 20.2 Å². The Bertz CT molecular complexity index is 558. The first-order valence-corrected chi connectivity index (χ1v) is 13.0. The van der Waals surface area contributed by atoms with Gasteiger partial charge in [-0.3, -0.25) is 8.37 Å². The Hall–Kier alpha value is -0.220. The van der Waals surface area contributed by atoms with Gasteiger partial charge < -0.3 is 5.11 Å². The maximum atomic E-state index is 12.1. The molecule has 2 unspecified atom stereocenters. The van der Waals surface area contributed by atoms with Crippen molar-refractivity contribution in [3.05, 3.63) is 0 Å². The van der Waals surface area contributed by atoms with Crippen LogP contribution in [0.4, 0.5) is 0 Å². The van der Waals surface area contributed by atoms with Gasteiger partial charge in [-0.05, 0) is 25.7 Å². The Balaban J connectivity index is 4.29. The molecule has 2 atom stereocenters. The summed E-state index contributed by atoms with van der Waals surface area (Å²) in [6.45, 7) is 2.18. The first-order chi connectivity index (χ1) is 12.7. The Morgan fingerprint density at radius 1 is 0.778 bits per heavy atom. The normalized spacial score (nSPS) is 15.0. The van der Waals surface area contributed by atoms with Crippen molar-refractivity contribution in [3.63, 3.8) is 0 Å². The molecule has 0 aromatic carbocycles. The molecule has 0 heterocycles. The van der Waals surface area contributed by atoms with Crippen molar-refractivity contribution < 1.29 is 30.3 Å². The van der Waals surface area contributed by atoms with Gasteiger partial charge in [-0.1, -0.05) is 58.3 Å². The standard InChI is InChI=1S/C18H38O7S2/c1-4-5-6-7-8-9-10-11-14-18(27(22,23)25-3)16-17(19)13-12-15-26(20,21)24-2/h17-19H,4-16H2,1-3H3. The number of aliphatic hydroxyl groups excluding tert-OH is 1. The first kappa shape index (κ1) is 26.8. The van der Waals surface area contributed by atoms with E-state index in [2.05, 4.69) is 15.3 Å². The molecule has 0 aliphatic heterocycles. The fraction of sp³-hybridized carbons (Fsp3) is 1.00. The molecule has 7 nitrogen and oxygen atoms in total. The molecule has 0 aliphatic carbocycles. The topological polar surface area (TPSA) is 107 Å². The smallest absolute Gasteiger partial charge is 0.270 e. The lowest BCUT2D eigenvalue weighted by molar-refractivity contribution is 0.149. The van der Waals surface area contributed by atoms with Crippen LogP contribution in [0.15, 0.2) is 0 Å². The number of hydrogen-bond acceptors (Lipinski definition) is 7. The second-order valence-electron chi connectivity index (χ2n) is 7.01. The van der Waals surface area contributed by atoms with E-state index in [0.717, 1.165) is 39.9 Å². The molecule has 0 aromatic heterocycles. The van der Waals surface area contributed by atoms with E-state index in [-0.39, 0.29) is 25.0 Å². The molecule has 1 N–H and O–H groups in total. The van der Waals surface area contributed by atoms with Crippen molar-refractivity contribution in [3.8, 4) is 0 Å². The van der Waals surface area contributed by atoms with E-state index in [1.165, 1.54) is 25.7 Å². The van der Waals surface area contributed by atoms with Gasteiger partial charge in [-0.15, -0.1) is 0 Å². The fourth-order valence-corrected chi connectivity index (χ4v) is 4.89. The third-order valence-corrected chi connectivity index (χ3v) is 7.75. The van der Waals surface area contributed by atoms with Gasteiger partial charge in [0.2, 0.25) is 0 Å². The Kier molecular flexibility index (Phi) is 14.6. The monoisotopic (exact) mass is 430 g/mol. The van der Waals surface area contributed by atoms with E-state index in [4.69, 9.17) is 0 Å². The van der Waals surface area contributed by atoms with E-state index in [1.54, 1.807) is 0 Å². The predicted octanol–water partition coefficient (Wildman–Crippen LogP) is 3.37. The molecule has 0 saturated carbocycles. The van der Waals surface area contributed by atoms with Crippen LogP contribution in [0.25, 0.3) is 0 Å². The van der Waals surface area contributed by atoms with Crippen LogP contribution < -0.4 is 0 Å². The molecule has 0 aliphatic rings. The zero-order valence-electron chi connectivity index (χ0n) is 17.1. The highest BCUT2D eigenvalue weighted by molar-refractivity contribution is 7.87. The Labute approximate surface area is 166 Å². The third kappa shape index (κ3) is 13.6. The quantitative estimate of drug-likeness (QED) is 0.262. The van der Waals surface area contributed by atoms with Gasteiger partial charge in [0.15, 0.2) is 0 Å². The van der Waals surface area contributed by atoms with Crippen LogP contribution in [0.1, 0.15) is 84.0 Å². The van der Waals surface area contributed by atoms with Gasteiger partial charge >= 0.3 is 0 Å². The average Bonchev–Trinajstić information content (AvgIpc) is 2.62. The summed E-state index contributed by atoms with van der Waals surface area (Å²) in [6, 6.07) is 0. The first-order valence-electron chi connectivity index (χ1n) is 9.94. The maximum Gasteiger partial charge on any atom is 0.270 e. The molecule has 27 heavy (non-hydrogen) atoms. The summed E-state index contributed by atoms with van der Waals surface area (Å²) in [5.41, 5.74) is 0.